The molecule has 1 atom stereocenters. The van der Waals surface area contributed by atoms with E-state index in [4.69, 9.17) is 21.1 Å². The summed E-state index contributed by atoms with van der Waals surface area (Å²) in [7, 11) is 0. The summed E-state index contributed by atoms with van der Waals surface area (Å²) in [5.74, 6) is 0.802. The summed E-state index contributed by atoms with van der Waals surface area (Å²) >= 11 is 6.05. The number of fused-ring (bicyclic) bond motifs is 1. The summed E-state index contributed by atoms with van der Waals surface area (Å²) in [6.45, 7) is 0.593. The van der Waals surface area contributed by atoms with Gasteiger partial charge in [-0.25, -0.2) is 0 Å². The van der Waals surface area contributed by atoms with Gasteiger partial charge < -0.3 is 20.1 Å². The number of carbonyl (C=O) groups is 1. The molecule has 3 aromatic carbocycles. The maximum atomic E-state index is 13.1. The lowest BCUT2D eigenvalue weighted by atomic mass is 10.0. The SMILES string of the molecule is O=C(Nc1cc(C(F)(F)F)ccc1Cl)[C@H]([NH2+]Cc1ccc2c(c1)OCO2)c1ccccc1. The van der Waals surface area contributed by atoms with Crippen LogP contribution in [0.1, 0.15) is 22.7 Å². The van der Waals surface area contributed by atoms with Gasteiger partial charge in [0.2, 0.25) is 6.79 Å². The molecule has 1 heterocycles. The number of nitrogens with one attached hydrogen (secondary N) is 1. The Labute approximate surface area is 187 Å². The van der Waals surface area contributed by atoms with Gasteiger partial charge in [-0.3, -0.25) is 4.79 Å². The number of hydrogen-bond donors (Lipinski definition) is 2. The first-order valence-electron chi connectivity index (χ1n) is 9.75. The first kappa shape index (κ1) is 22.0. The molecule has 1 aliphatic rings. The highest BCUT2D eigenvalue weighted by molar-refractivity contribution is 6.33. The van der Waals surface area contributed by atoms with E-state index >= 15 is 0 Å². The standard InChI is InChI=1S/C23H18ClF3N2O3/c24-17-8-7-16(23(25,26)27)11-18(17)29-22(30)21(15-4-2-1-3-5-15)28-12-14-6-9-19-20(10-14)32-13-31-19/h1-11,21,28H,12-13H2,(H,29,30)/p+1/t21-/m1/s1. The summed E-state index contributed by atoms with van der Waals surface area (Å²) in [6.07, 6.45) is -4.55. The predicted molar refractivity (Wildman–Crippen MR) is 112 cm³/mol. The van der Waals surface area contributed by atoms with Gasteiger partial charge in [-0.2, -0.15) is 13.2 Å². The van der Waals surface area contributed by atoms with Gasteiger partial charge in [-0.1, -0.05) is 41.9 Å². The monoisotopic (exact) mass is 463 g/mol. The van der Waals surface area contributed by atoms with E-state index in [0.717, 1.165) is 23.8 Å². The third-order valence-corrected chi connectivity index (χ3v) is 5.35. The quantitative estimate of drug-likeness (QED) is 0.564. The average Bonchev–Trinajstić information content (AvgIpc) is 3.23. The van der Waals surface area contributed by atoms with Crippen LogP contribution in [0.15, 0.2) is 66.7 Å². The molecule has 0 unspecified atom stereocenters. The molecular formula is C23H19ClF3N2O3+. The summed E-state index contributed by atoms with van der Waals surface area (Å²) in [4.78, 5) is 13.1. The second kappa shape index (κ2) is 9.10. The Hall–Kier alpha value is -3.23. The van der Waals surface area contributed by atoms with Crippen molar-refractivity contribution in [2.24, 2.45) is 0 Å². The van der Waals surface area contributed by atoms with Gasteiger partial charge in [0, 0.05) is 11.1 Å². The third-order valence-electron chi connectivity index (χ3n) is 5.02. The van der Waals surface area contributed by atoms with Crippen molar-refractivity contribution in [2.45, 2.75) is 18.8 Å². The lowest BCUT2D eigenvalue weighted by Crippen LogP contribution is -2.85. The van der Waals surface area contributed by atoms with Gasteiger partial charge in [0.15, 0.2) is 17.5 Å². The van der Waals surface area contributed by atoms with E-state index in [-0.39, 0.29) is 17.5 Å². The summed E-state index contributed by atoms with van der Waals surface area (Å²) in [6, 6.07) is 16.6. The third kappa shape index (κ3) is 4.98. The van der Waals surface area contributed by atoms with Crippen LogP contribution in [0.4, 0.5) is 18.9 Å². The van der Waals surface area contributed by atoms with Crippen LogP contribution >= 0.6 is 11.6 Å². The van der Waals surface area contributed by atoms with Crippen LogP contribution in [0, 0.1) is 0 Å². The molecular weight excluding hydrogens is 445 g/mol. The maximum Gasteiger partial charge on any atom is 0.416 e. The first-order valence-corrected chi connectivity index (χ1v) is 10.1. The van der Waals surface area contributed by atoms with Crippen molar-refractivity contribution in [3.05, 3.63) is 88.4 Å². The summed E-state index contributed by atoms with van der Waals surface area (Å²) in [5.41, 5.74) is 0.621. The van der Waals surface area contributed by atoms with Crippen molar-refractivity contribution in [2.75, 3.05) is 12.1 Å². The average molecular weight is 464 g/mol. The van der Waals surface area contributed by atoms with Crippen LogP contribution in [0.5, 0.6) is 11.5 Å². The second-order valence-corrected chi connectivity index (χ2v) is 7.60. The highest BCUT2D eigenvalue weighted by Crippen LogP contribution is 2.34. The number of halogens is 4. The largest absolute Gasteiger partial charge is 0.454 e. The van der Waals surface area contributed by atoms with Crippen molar-refractivity contribution >= 4 is 23.2 Å². The van der Waals surface area contributed by atoms with E-state index in [0.29, 0.717) is 23.6 Å². The van der Waals surface area contributed by atoms with Crippen molar-refractivity contribution in [3.63, 3.8) is 0 Å². The van der Waals surface area contributed by atoms with Crippen LogP contribution < -0.4 is 20.1 Å². The number of anilines is 1. The van der Waals surface area contributed by atoms with E-state index in [2.05, 4.69) is 5.32 Å². The van der Waals surface area contributed by atoms with Crippen molar-refractivity contribution in [1.82, 2.24) is 0 Å². The molecule has 4 rings (SSSR count). The van der Waals surface area contributed by atoms with E-state index in [1.54, 1.807) is 35.6 Å². The molecule has 1 aliphatic heterocycles. The summed E-state index contributed by atoms with van der Waals surface area (Å²) in [5, 5.41) is 4.37. The van der Waals surface area contributed by atoms with Crippen LogP contribution in [0.25, 0.3) is 0 Å². The molecule has 0 saturated heterocycles. The van der Waals surface area contributed by atoms with E-state index in [9.17, 15) is 18.0 Å². The normalized spacial score (nSPS) is 13.6. The van der Waals surface area contributed by atoms with Crippen LogP contribution in [-0.4, -0.2) is 12.7 Å². The van der Waals surface area contributed by atoms with E-state index < -0.39 is 23.7 Å². The molecule has 0 bridgehead atoms. The molecule has 3 aromatic rings. The predicted octanol–water partition coefficient (Wildman–Crippen LogP) is 4.53. The molecule has 0 aliphatic carbocycles. The maximum absolute atomic E-state index is 13.1. The molecule has 0 aromatic heterocycles. The number of carbonyl (C=O) groups excluding carboxylic acids is 1. The number of nitrogens with two attached hydrogens (primary N) is 1. The fourth-order valence-corrected chi connectivity index (χ4v) is 3.55. The van der Waals surface area contributed by atoms with Gasteiger partial charge in [-0.15, -0.1) is 0 Å². The lowest BCUT2D eigenvalue weighted by molar-refractivity contribution is -0.697. The molecule has 5 nitrogen and oxygen atoms in total. The molecule has 0 saturated carbocycles. The number of quaternary nitrogens is 1. The van der Waals surface area contributed by atoms with Crippen molar-refractivity contribution in [1.29, 1.82) is 0 Å². The highest BCUT2D eigenvalue weighted by Gasteiger charge is 2.32. The summed E-state index contributed by atoms with van der Waals surface area (Å²) < 4.78 is 49.9. The van der Waals surface area contributed by atoms with Crippen LogP contribution in [-0.2, 0) is 17.5 Å². The fraction of sp³-hybridized carbons (Fsp3) is 0.174. The highest BCUT2D eigenvalue weighted by atomic mass is 35.5. The number of amides is 1. The van der Waals surface area contributed by atoms with Gasteiger partial charge in [0.05, 0.1) is 16.3 Å². The Morgan fingerprint density at radius 2 is 1.78 bits per heavy atom. The van der Waals surface area contributed by atoms with Gasteiger partial charge in [0.1, 0.15) is 6.54 Å². The minimum atomic E-state index is -4.55. The Morgan fingerprint density at radius 1 is 1.03 bits per heavy atom. The second-order valence-electron chi connectivity index (χ2n) is 7.20. The minimum absolute atomic E-state index is 0.0222. The Morgan fingerprint density at radius 3 is 2.53 bits per heavy atom. The zero-order valence-corrected chi connectivity index (χ0v) is 17.4. The molecule has 3 N–H and O–H groups in total. The minimum Gasteiger partial charge on any atom is -0.454 e. The van der Waals surface area contributed by atoms with Crippen LogP contribution in [0.2, 0.25) is 5.02 Å². The van der Waals surface area contributed by atoms with Gasteiger partial charge >= 0.3 is 6.18 Å². The number of benzene rings is 3. The number of rotatable bonds is 6. The smallest absolute Gasteiger partial charge is 0.416 e. The molecule has 32 heavy (non-hydrogen) atoms. The molecule has 0 radical (unpaired) electrons. The zero-order chi connectivity index (χ0) is 22.7. The van der Waals surface area contributed by atoms with Crippen LogP contribution in [0.3, 0.4) is 0 Å². The van der Waals surface area contributed by atoms with E-state index in [1.807, 2.05) is 18.2 Å². The molecule has 166 valence electrons. The molecule has 9 heteroatoms. The number of alkyl halides is 3. The Balaban J connectivity index is 1.55. The van der Waals surface area contributed by atoms with Gasteiger partial charge in [0.25, 0.3) is 5.91 Å². The fourth-order valence-electron chi connectivity index (χ4n) is 3.38. The van der Waals surface area contributed by atoms with Gasteiger partial charge in [-0.05, 0) is 36.4 Å². The molecule has 0 spiro atoms. The lowest BCUT2D eigenvalue weighted by Gasteiger charge is -2.17. The molecule has 1 amide bonds. The first-order chi connectivity index (χ1) is 15.3. The Bertz CT molecular complexity index is 1120. The number of hydrogen-bond acceptors (Lipinski definition) is 3. The zero-order valence-electron chi connectivity index (χ0n) is 16.7. The number of ether oxygens (including phenoxy) is 2. The molecule has 0 fully saturated rings. The van der Waals surface area contributed by atoms with E-state index in [1.165, 1.54) is 0 Å². The topological polar surface area (TPSA) is 64.2 Å². The van der Waals surface area contributed by atoms with Crippen molar-refractivity contribution < 1.29 is 32.8 Å². The Kier molecular flexibility index (Phi) is 6.25. The van der Waals surface area contributed by atoms with Crippen molar-refractivity contribution in [3.8, 4) is 11.5 Å².